The topological polar surface area (TPSA) is 92.3 Å². The molecule has 0 aliphatic carbocycles. The van der Waals surface area contributed by atoms with Crippen LogP contribution in [0.5, 0.6) is 5.75 Å². The zero-order valence-corrected chi connectivity index (χ0v) is 10.3. The zero-order chi connectivity index (χ0) is 13.2. The van der Waals surface area contributed by atoms with Gasteiger partial charge < -0.3 is 9.84 Å². The summed E-state index contributed by atoms with van der Waals surface area (Å²) in [5, 5.41) is 15.9. The van der Waals surface area contributed by atoms with Crippen LogP contribution < -0.4 is 5.56 Å². The van der Waals surface area contributed by atoms with E-state index in [2.05, 4.69) is 10.2 Å². The summed E-state index contributed by atoms with van der Waals surface area (Å²) in [4.78, 5) is 23.0. The van der Waals surface area contributed by atoms with Crippen LogP contribution in [-0.2, 0) is 10.2 Å². The molecule has 0 aromatic carbocycles. The molecule has 0 amide bonds. The van der Waals surface area contributed by atoms with E-state index in [1.807, 2.05) is 20.8 Å². The summed E-state index contributed by atoms with van der Waals surface area (Å²) in [6.45, 7) is 7.17. The maximum Gasteiger partial charge on any atom is 0.347 e. The molecule has 0 atom stereocenters. The predicted octanol–water partition coefficient (Wildman–Crippen LogP) is 0.950. The van der Waals surface area contributed by atoms with Gasteiger partial charge in [0.15, 0.2) is 11.3 Å². The van der Waals surface area contributed by atoms with Crippen LogP contribution in [0.25, 0.3) is 0 Å². The van der Waals surface area contributed by atoms with Crippen molar-refractivity contribution in [1.82, 2.24) is 10.2 Å². The molecule has 94 valence electrons. The molecule has 1 aromatic heterocycles. The molecular formula is C11H16N2O4. The van der Waals surface area contributed by atoms with Gasteiger partial charge in [-0.2, -0.15) is 5.10 Å². The molecule has 0 fully saturated rings. The summed E-state index contributed by atoms with van der Waals surface area (Å²) >= 11 is 0. The fraction of sp³-hybridized carbons (Fsp3) is 0.545. The SMILES string of the molecule is CCOC(=O)c1c(O)c(C(C)(C)C)n[nH]c1=O. The Bertz CT molecular complexity index is 485. The minimum atomic E-state index is -0.848. The summed E-state index contributed by atoms with van der Waals surface area (Å²) in [6, 6.07) is 0. The number of aromatic nitrogens is 2. The number of aromatic amines is 1. The second-order valence-electron chi connectivity index (χ2n) is 4.60. The Morgan fingerprint density at radius 3 is 2.53 bits per heavy atom. The van der Waals surface area contributed by atoms with Gasteiger partial charge in [0.05, 0.1) is 6.61 Å². The molecule has 2 N–H and O–H groups in total. The molecule has 1 heterocycles. The number of nitrogens with one attached hydrogen (secondary N) is 1. The standard InChI is InChI=1S/C11H16N2O4/c1-5-17-10(16)6-7(14)8(11(2,3)4)12-13-9(6)15/h5H2,1-4H3,(H2,13,14,15). The van der Waals surface area contributed by atoms with Gasteiger partial charge in [0, 0.05) is 5.41 Å². The highest BCUT2D eigenvalue weighted by Gasteiger charge is 2.27. The highest BCUT2D eigenvalue weighted by Crippen LogP contribution is 2.29. The van der Waals surface area contributed by atoms with E-state index < -0.39 is 28.3 Å². The summed E-state index contributed by atoms with van der Waals surface area (Å²) < 4.78 is 4.71. The molecule has 1 aromatic rings. The quantitative estimate of drug-likeness (QED) is 0.751. The van der Waals surface area contributed by atoms with Gasteiger partial charge >= 0.3 is 5.97 Å². The normalized spacial score (nSPS) is 11.3. The van der Waals surface area contributed by atoms with E-state index in [0.717, 1.165) is 0 Å². The van der Waals surface area contributed by atoms with Crippen molar-refractivity contribution < 1.29 is 14.6 Å². The van der Waals surface area contributed by atoms with Crippen LogP contribution in [0.15, 0.2) is 4.79 Å². The Balaban J connectivity index is 3.41. The second kappa shape index (κ2) is 4.57. The lowest BCUT2D eigenvalue weighted by Gasteiger charge is -2.18. The second-order valence-corrected chi connectivity index (χ2v) is 4.60. The van der Waals surface area contributed by atoms with Gasteiger partial charge in [-0.3, -0.25) is 4.79 Å². The van der Waals surface area contributed by atoms with Crippen molar-refractivity contribution in [2.45, 2.75) is 33.1 Å². The third-order valence-corrected chi connectivity index (χ3v) is 2.15. The monoisotopic (exact) mass is 240 g/mol. The number of esters is 1. The lowest BCUT2D eigenvalue weighted by atomic mass is 9.90. The molecule has 0 aliphatic rings. The number of aromatic hydroxyl groups is 1. The molecule has 0 aliphatic heterocycles. The predicted molar refractivity (Wildman–Crippen MR) is 61.2 cm³/mol. The average Bonchev–Trinajstić information content (AvgIpc) is 2.15. The maximum absolute atomic E-state index is 11.5. The largest absolute Gasteiger partial charge is 0.505 e. The van der Waals surface area contributed by atoms with Gasteiger partial charge in [-0.05, 0) is 6.92 Å². The Kier molecular flexibility index (Phi) is 3.55. The molecule has 17 heavy (non-hydrogen) atoms. The number of hydrogen-bond donors (Lipinski definition) is 2. The van der Waals surface area contributed by atoms with Crippen molar-refractivity contribution in [3.63, 3.8) is 0 Å². The minimum Gasteiger partial charge on any atom is -0.505 e. The fourth-order valence-corrected chi connectivity index (χ4v) is 1.36. The first-order chi connectivity index (χ1) is 7.79. The molecule has 0 radical (unpaired) electrons. The summed E-state index contributed by atoms with van der Waals surface area (Å²) in [6.07, 6.45) is 0. The van der Waals surface area contributed by atoms with Gasteiger partial charge in [0.25, 0.3) is 5.56 Å². The highest BCUT2D eigenvalue weighted by atomic mass is 16.5. The lowest BCUT2D eigenvalue weighted by Crippen LogP contribution is -2.26. The van der Waals surface area contributed by atoms with Crippen molar-refractivity contribution in [2.75, 3.05) is 6.61 Å². The third-order valence-electron chi connectivity index (χ3n) is 2.15. The van der Waals surface area contributed by atoms with Crippen molar-refractivity contribution >= 4 is 5.97 Å². The van der Waals surface area contributed by atoms with Crippen LogP contribution in [0.4, 0.5) is 0 Å². The number of hydrogen-bond acceptors (Lipinski definition) is 5. The van der Waals surface area contributed by atoms with E-state index in [0.29, 0.717) is 0 Å². The van der Waals surface area contributed by atoms with Gasteiger partial charge in [-0.1, -0.05) is 20.8 Å². The third kappa shape index (κ3) is 2.64. The van der Waals surface area contributed by atoms with Crippen molar-refractivity contribution in [1.29, 1.82) is 0 Å². The van der Waals surface area contributed by atoms with Crippen molar-refractivity contribution in [3.8, 4) is 5.75 Å². The highest BCUT2D eigenvalue weighted by molar-refractivity contribution is 5.92. The smallest absolute Gasteiger partial charge is 0.347 e. The van der Waals surface area contributed by atoms with Crippen LogP contribution in [0.3, 0.4) is 0 Å². The van der Waals surface area contributed by atoms with E-state index in [4.69, 9.17) is 4.74 Å². The molecule has 6 heteroatoms. The molecule has 0 unspecified atom stereocenters. The van der Waals surface area contributed by atoms with Gasteiger partial charge in [0.1, 0.15) is 5.69 Å². The van der Waals surface area contributed by atoms with Gasteiger partial charge in [-0.25, -0.2) is 9.89 Å². The van der Waals surface area contributed by atoms with E-state index in [-0.39, 0.29) is 12.3 Å². The van der Waals surface area contributed by atoms with Gasteiger partial charge in [0.2, 0.25) is 0 Å². The fourth-order valence-electron chi connectivity index (χ4n) is 1.36. The van der Waals surface area contributed by atoms with Gasteiger partial charge in [-0.15, -0.1) is 0 Å². The van der Waals surface area contributed by atoms with E-state index >= 15 is 0 Å². The Labute approximate surface area is 98.6 Å². The first kappa shape index (κ1) is 13.2. The number of H-pyrrole nitrogens is 1. The molecule has 0 saturated carbocycles. The van der Waals surface area contributed by atoms with E-state index in [9.17, 15) is 14.7 Å². The van der Waals surface area contributed by atoms with Crippen molar-refractivity contribution in [3.05, 3.63) is 21.6 Å². The molecular weight excluding hydrogens is 224 g/mol. The van der Waals surface area contributed by atoms with Crippen LogP contribution in [0.1, 0.15) is 43.7 Å². The molecule has 1 rings (SSSR count). The van der Waals surface area contributed by atoms with Crippen LogP contribution >= 0.6 is 0 Å². The summed E-state index contributed by atoms with van der Waals surface area (Å²) in [5.41, 5.74) is -1.39. The minimum absolute atomic E-state index is 0.130. The van der Waals surface area contributed by atoms with Crippen molar-refractivity contribution in [2.24, 2.45) is 0 Å². The number of rotatable bonds is 2. The number of carbonyl (C=O) groups excluding carboxylic acids is 1. The molecule has 0 saturated heterocycles. The zero-order valence-electron chi connectivity index (χ0n) is 10.3. The Morgan fingerprint density at radius 1 is 1.47 bits per heavy atom. The average molecular weight is 240 g/mol. The molecule has 6 nitrogen and oxygen atoms in total. The van der Waals surface area contributed by atoms with E-state index in [1.54, 1.807) is 6.92 Å². The van der Waals surface area contributed by atoms with Crippen LogP contribution in [-0.4, -0.2) is 27.9 Å². The molecule has 0 bridgehead atoms. The maximum atomic E-state index is 11.5. The van der Waals surface area contributed by atoms with Crippen LogP contribution in [0.2, 0.25) is 0 Å². The first-order valence-corrected chi connectivity index (χ1v) is 5.28. The summed E-state index contributed by atoms with van der Waals surface area (Å²) in [5.74, 6) is -1.26. The Morgan fingerprint density at radius 2 is 2.06 bits per heavy atom. The number of carbonyl (C=O) groups is 1. The lowest BCUT2D eigenvalue weighted by molar-refractivity contribution is 0.0520. The first-order valence-electron chi connectivity index (χ1n) is 5.28. The number of ether oxygens (including phenoxy) is 1. The summed E-state index contributed by atoms with van der Waals surface area (Å²) in [7, 11) is 0. The Hall–Kier alpha value is -1.85. The number of nitrogens with zero attached hydrogens (tertiary/aromatic N) is 1. The van der Waals surface area contributed by atoms with E-state index in [1.165, 1.54) is 0 Å². The van der Waals surface area contributed by atoms with Crippen LogP contribution in [0, 0.1) is 0 Å². The molecule has 0 spiro atoms.